The number of nitrogens with one attached hydrogen (secondary N) is 1. The van der Waals surface area contributed by atoms with Crippen LogP contribution in [-0.4, -0.2) is 21.5 Å². The molecule has 1 N–H and O–H groups in total. The summed E-state index contributed by atoms with van der Waals surface area (Å²) in [6, 6.07) is 47.9. The second kappa shape index (κ2) is 14.1. The highest BCUT2D eigenvalue weighted by Gasteiger charge is 2.52. The molecule has 4 nitrogen and oxygen atoms in total. The minimum absolute atomic E-state index is 0. The second-order valence-corrected chi connectivity index (χ2v) is 14.5. The topological polar surface area (TPSA) is 62.8 Å². The molecule has 0 aliphatic heterocycles. The van der Waals surface area contributed by atoms with Gasteiger partial charge in [0.2, 0.25) is 5.30 Å². The molecule has 6 rings (SSSR count). The first-order valence-electron chi connectivity index (χ1n) is 14.1. The summed E-state index contributed by atoms with van der Waals surface area (Å²) in [4.78, 5) is 36.2. The van der Waals surface area contributed by atoms with E-state index in [0.29, 0.717) is 21.7 Å². The van der Waals surface area contributed by atoms with Crippen LogP contribution in [0.15, 0.2) is 155 Å². The zero-order valence-electron chi connectivity index (χ0n) is 24.1. The van der Waals surface area contributed by atoms with Crippen LogP contribution in [-0.2, 0) is 0 Å². The number of aromatic nitrogens is 2. The SMILES string of the molecule is Cc1ccc(-c2nc(SCC(=O)c3ccccc3)c([P+](c3ccccc3)(c3ccccc3)c3ccccc3)c(=O)[nH]2)cc1.[Br-]. The van der Waals surface area contributed by atoms with Gasteiger partial charge in [-0.2, -0.15) is 0 Å². The van der Waals surface area contributed by atoms with Crippen molar-refractivity contribution in [3.8, 4) is 11.4 Å². The highest BCUT2D eigenvalue weighted by molar-refractivity contribution is 8.04. The van der Waals surface area contributed by atoms with Crippen molar-refractivity contribution in [1.29, 1.82) is 0 Å². The number of halogens is 1. The van der Waals surface area contributed by atoms with E-state index in [1.54, 1.807) is 0 Å². The van der Waals surface area contributed by atoms with E-state index in [2.05, 4.69) is 41.4 Å². The average molecular weight is 678 g/mol. The first kappa shape index (κ1) is 31.3. The number of carbonyl (C=O) groups is 1. The molecule has 0 spiro atoms. The van der Waals surface area contributed by atoms with Crippen LogP contribution in [0.3, 0.4) is 0 Å². The normalized spacial score (nSPS) is 11.0. The number of rotatable bonds is 9. The van der Waals surface area contributed by atoms with Gasteiger partial charge in [0.15, 0.2) is 13.0 Å². The van der Waals surface area contributed by atoms with E-state index in [-0.39, 0.29) is 34.1 Å². The lowest BCUT2D eigenvalue weighted by Crippen LogP contribution is -3.00. The predicted molar refractivity (Wildman–Crippen MR) is 181 cm³/mol. The van der Waals surface area contributed by atoms with Gasteiger partial charge in [-0.1, -0.05) is 127 Å². The van der Waals surface area contributed by atoms with Gasteiger partial charge in [0.25, 0.3) is 5.56 Å². The summed E-state index contributed by atoms with van der Waals surface area (Å²) in [6.07, 6.45) is 0. The van der Waals surface area contributed by atoms with Crippen molar-refractivity contribution in [2.45, 2.75) is 11.9 Å². The molecule has 7 heteroatoms. The number of hydrogen-bond donors (Lipinski definition) is 1. The molecule has 0 saturated heterocycles. The van der Waals surface area contributed by atoms with Crippen LogP contribution >= 0.6 is 19.0 Å². The van der Waals surface area contributed by atoms with Crippen LogP contribution in [0, 0.1) is 6.92 Å². The molecule has 44 heavy (non-hydrogen) atoms. The van der Waals surface area contributed by atoms with E-state index in [4.69, 9.17) is 4.98 Å². The number of carbonyl (C=O) groups excluding carboxylic acids is 1. The van der Waals surface area contributed by atoms with E-state index >= 15 is 0 Å². The van der Waals surface area contributed by atoms with E-state index in [0.717, 1.165) is 27.0 Å². The molecule has 0 amide bonds. The number of ketones is 1. The van der Waals surface area contributed by atoms with Crippen molar-refractivity contribution in [2.24, 2.45) is 0 Å². The van der Waals surface area contributed by atoms with Gasteiger partial charge in [-0.05, 0) is 43.3 Å². The Balaban J connectivity index is 0.00000384. The minimum atomic E-state index is -2.77. The van der Waals surface area contributed by atoms with Crippen molar-refractivity contribution in [2.75, 3.05) is 5.75 Å². The number of Topliss-reactive ketones (excluding diaryl/α,β-unsaturated/α-hetero) is 1. The largest absolute Gasteiger partial charge is 1.00 e. The Bertz CT molecular complexity index is 1800. The zero-order valence-corrected chi connectivity index (χ0v) is 27.4. The number of aromatic amines is 1. The molecule has 1 heterocycles. The summed E-state index contributed by atoms with van der Waals surface area (Å²) in [5, 5.41) is 4.28. The maximum atomic E-state index is 14.6. The van der Waals surface area contributed by atoms with Gasteiger partial charge in [0.1, 0.15) is 26.8 Å². The molecule has 6 aromatic rings. The molecular weight excluding hydrogens is 647 g/mol. The smallest absolute Gasteiger partial charge is 0.296 e. The molecule has 0 unspecified atom stereocenters. The van der Waals surface area contributed by atoms with E-state index in [1.165, 1.54) is 11.8 Å². The standard InChI is InChI=1S/C37H29N2O2PS.BrH/c1-27-22-24-29(25-23-27)35-38-36(41)34(37(39-35)43-26-33(40)28-14-6-2-7-15-28)42(30-16-8-3-9-17-30,31-18-10-4-11-19-31)32-20-12-5-13-21-32;/h2-25H,26H2,1H3;1H. The molecule has 218 valence electrons. The van der Waals surface area contributed by atoms with E-state index < -0.39 is 7.26 Å². The highest BCUT2D eigenvalue weighted by atomic mass is 79.9. The van der Waals surface area contributed by atoms with Crippen molar-refractivity contribution in [3.05, 3.63) is 167 Å². The Labute approximate surface area is 272 Å². The Kier molecular flexibility index (Phi) is 10.1. The fourth-order valence-corrected chi connectivity index (χ4v) is 11.0. The zero-order chi connectivity index (χ0) is 29.6. The molecule has 0 bridgehead atoms. The summed E-state index contributed by atoms with van der Waals surface area (Å²) >= 11 is 1.33. The van der Waals surface area contributed by atoms with Crippen LogP contribution in [0.4, 0.5) is 0 Å². The van der Waals surface area contributed by atoms with Crippen LogP contribution in [0.1, 0.15) is 15.9 Å². The van der Waals surface area contributed by atoms with E-state index in [1.807, 2.05) is 116 Å². The Hall–Kier alpha value is -4.09. The number of H-pyrrole nitrogens is 1. The molecule has 1 aromatic heterocycles. The third-order valence-electron chi connectivity index (χ3n) is 7.39. The van der Waals surface area contributed by atoms with Crippen LogP contribution in [0.5, 0.6) is 0 Å². The number of nitrogens with zero attached hydrogens (tertiary/aromatic N) is 1. The Morgan fingerprint density at radius 3 is 1.61 bits per heavy atom. The number of benzene rings is 5. The predicted octanol–water partition coefficient (Wildman–Crippen LogP) is 3.34. The number of thioether (sulfide) groups is 1. The van der Waals surface area contributed by atoms with Gasteiger partial charge in [0.05, 0.1) is 5.75 Å². The third-order valence-corrected chi connectivity index (χ3v) is 12.8. The number of hydrogen-bond acceptors (Lipinski definition) is 4. The van der Waals surface area contributed by atoms with Crippen molar-refractivity contribution < 1.29 is 21.8 Å². The summed E-state index contributed by atoms with van der Waals surface area (Å²) in [6.45, 7) is 2.03. The molecule has 0 saturated carbocycles. The summed E-state index contributed by atoms with van der Waals surface area (Å²) < 4.78 is 0. The lowest BCUT2D eigenvalue weighted by Gasteiger charge is -2.28. The lowest BCUT2D eigenvalue weighted by atomic mass is 10.1. The van der Waals surface area contributed by atoms with Gasteiger partial charge >= 0.3 is 0 Å². The van der Waals surface area contributed by atoms with Crippen molar-refractivity contribution in [1.82, 2.24) is 9.97 Å². The first-order chi connectivity index (χ1) is 21.1. The first-order valence-corrected chi connectivity index (χ1v) is 16.8. The molecule has 0 fully saturated rings. The van der Waals surface area contributed by atoms with E-state index in [9.17, 15) is 9.59 Å². The quantitative estimate of drug-likeness (QED) is 0.111. The minimum Gasteiger partial charge on any atom is -1.00 e. The maximum Gasteiger partial charge on any atom is 0.296 e. The average Bonchev–Trinajstić information content (AvgIpc) is 3.07. The maximum absolute atomic E-state index is 14.6. The number of aryl methyl sites for hydroxylation is 1. The van der Waals surface area contributed by atoms with Gasteiger partial charge in [0, 0.05) is 11.1 Å². The summed E-state index contributed by atoms with van der Waals surface area (Å²) in [5.41, 5.74) is 2.36. The van der Waals surface area contributed by atoms with Crippen LogP contribution < -0.4 is 43.8 Å². The van der Waals surface area contributed by atoms with Gasteiger partial charge < -0.3 is 22.0 Å². The molecular formula is C37H30BrN2O2PS. The Morgan fingerprint density at radius 2 is 1.14 bits per heavy atom. The molecule has 0 radical (unpaired) electrons. The van der Waals surface area contributed by atoms with Crippen molar-refractivity contribution in [3.63, 3.8) is 0 Å². The Morgan fingerprint density at radius 1 is 0.682 bits per heavy atom. The second-order valence-electron chi connectivity index (χ2n) is 10.2. The van der Waals surface area contributed by atoms with Gasteiger partial charge in [-0.15, -0.1) is 0 Å². The van der Waals surface area contributed by atoms with Crippen molar-refractivity contribution >= 4 is 46.0 Å². The third kappa shape index (κ3) is 6.25. The molecule has 0 atom stereocenters. The van der Waals surface area contributed by atoms with Crippen LogP contribution in [0.2, 0.25) is 0 Å². The summed E-state index contributed by atoms with van der Waals surface area (Å²) in [5.74, 6) is 0.619. The molecule has 5 aromatic carbocycles. The fraction of sp³-hybridized carbons (Fsp3) is 0.0541. The van der Waals surface area contributed by atoms with Gasteiger partial charge in [-0.25, -0.2) is 4.98 Å². The molecule has 0 aliphatic carbocycles. The van der Waals surface area contributed by atoms with Crippen LogP contribution in [0.25, 0.3) is 11.4 Å². The lowest BCUT2D eigenvalue weighted by molar-refractivity contribution is -0.0000162. The highest BCUT2D eigenvalue weighted by Crippen LogP contribution is 2.54. The summed E-state index contributed by atoms with van der Waals surface area (Å²) in [7, 11) is -2.77. The molecule has 0 aliphatic rings. The monoisotopic (exact) mass is 676 g/mol. The van der Waals surface area contributed by atoms with Gasteiger partial charge in [-0.3, -0.25) is 9.59 Å². The fourth-order valence-electron chi connectivity index (χ4n) is 5.32.